The average Bonchev–Trinajstić information content (AvgIpc) is 3.31. The van der Waals surface area contributed by atoms with E-state index in [9.17, 15) is 19.8 Å². The van der Waals surface area contributed by atoms with Crippen LogP contribution in [-0.4, -0.2) is 47.4 Å². The van der Waals surface area contributed by atoms with Crippen molar-refractivity contribution in [1.82, 2.24) is 5.32 Å². The van der Waals surface area contributed by atoms with Gasteiger partial charge in [-0.25, -0.2) is 0 Å². The predicted molar refractivity (Wildman–Crippen MR) is 283 cm³/mol. The first-order valence-electron chi connectivity index (χ1n) is 29.5. The average molecular weight is 919 g/mol. The molecule has 0 aliphatic rings. The molecule has 6 nitrogen and oxygen atoms in total. The Kier molecular flexibility index (Phi) is 54.0. The molecule has 0 aliphatic carbocycles. The molecule has 386 valence electrons. The van der Waals surface area contributed by atoms with Crippen LogP contribution >= 0.6 is 0 Å². The zero-order chi connectivity index (χ0) is 47.2. The van der Waals surface area contributed by atoms with Gasteiger partial charge in [-0.3, -0.25) is 9.59 Å². The fourth-order valence-electron chi connectivity index (χ4n) is 9.28. The second kappa shape index (κ2) is 55.2. The SMILES string of the molecule is CCCCCCCCCCCCCCCC/C=C/C(O)C(CO)NC(=O)CCCCCCCCCCCCCCCCCCCCCCOC(=O)CCCCCCCCCCCCCC. The number of unbranched alkanes of at least 4 members (excludes halogenated alkanes) is 44. The van der Waals surface area contributed by atoms with Gasteiger partial charge in [-0.1, -0.05) is 296 Å². The van der Waals surface area contributed by atoms with Gasteiger partial charge in [-0.2, -0.15) is 0 Å². The lowest BCUT2D eigenvalue weighted by molar-refractivity contribution is -0.143. The summed E-state index contributed by atoms with van der Waals surface area (Å²) in [5.74, 6) is -0.0564. The number of hydrogen-bond donors (Lipinski definition) is 3. The highest BCUT2D eigenvalue weighted by Gasteiger charge is 2.18. The number of hydrogen-bond acceptors (Lipinski definition) is 5. The quantitative estimate of drug-likeness (QED) is 0.0321. The maximum absolute atomic E-state index is 12.5. The molecule has 0 aromatic carbocycles. The Bertz CT molecular complexity index is 970. The van der Waals surface area contributed by atoms with Crippen molar-refractivity contribution in [3.63, 3.8) is 0 Å². The van der Waals surface area contributed by atoms with Crippen molar-refractivity contribution < 1.29 is 24.5 Å². The summed E-state index contributed by atoms with van der Waals surface area (Å²) in [6.45, 7) is 4.92. The highest BCUT2D eigenvalue weighted by atomic mass is 16.5. The molecule has 0 rings (SSSR count). The molecule has 0 aromatic heterocycles. The Morgan fingerprint density at radius 1 is 0.415 bits per heavy atom. The van der Waals surface area contributed by atoms with Gasteiger partial charge in [0.05, 0.1) is 25.4 Å². The fraction of sp³-hybridized carbons (Fsp3) is 0.932. The number of allylic oxidation sites excluding steroid dienone is 1. The van der Waals surface area contributed by atoms with Crippen molar-refractivity contribution in [2.75, 3.05) is 13.2 Å². The van der Waals surface area contributed by atoms with E-state index in [1.165, 1.54) is 263 Å². The standard InChI is InChI=1S/C59H115NO5/c1-3-5-7-9-11-13-15-17-18-25-28-31-35-39-43-47-51-57(62)56(55-61)60-58(63)52-48-44-40-36-32-29-26-23-21-19-20-22-24-27-30-34-38-42-46-50-54-65-59(64)53-49-45-41-37-33-16-14-12-10-8-6-4-2/h47,51,56-57,61-62H,3-46,48-50,52-55H2,1-2H3,(H,60,63)/b51-47+. The van der Waals surface area contributed by atoms with Crippen molar-refractivity contribution in [3.8, 4) is 0 Å². The zero-order valence-electron chi connectivity index (χ0n) is 44.0. The molecule has 0 radical (unpaired) electrons. The molecule has 0 aliphatic heterocycles. The number of carbonyl (C=O) groups excluding carboxylic acids is 2. The van der Waals surface area contributed by atoms with E-state index in [1.807, 2.05) is 6.08 Å². The Balaban J connectivity index is 3.41. The molecule has 1 amide bonds. The molecule has 0 spiro atoms. The first-order valence-corrected chi connectivity index (χ1v) is 29.5. The Hall–Kier alpha value is -1.40. The van der Waals surface area contributed by atoms with Gasteiger partial charge >= 0.3 is 5.97 Å². The minimum absolute atomic E-state index is 0.0111. The molecule has 65 heavy (non-hydrogen) atoms. The Labute approximate surface area is 406 Å². The van der Waals surface area contributed by atoms with Crippen molar-refractivity contribution in [2.24, 2.45) is 0 Å². The number of aliphatic hydroxyl groups excluding tert-OH is 2. The molecule has 0 heterocycles. The number of amides is 1. The third-order valence-electron chi connectivity index (χ3n) is 13.8. The lowest BCUT2D eigenvalue weighted by Crippen LogP contribution is -2.45. The summed E-state index contributed by atoms with van der Waals surface area (Å²) in [5.41, 5.74) is 0. The third-order valence-corrected chi connectivity index (χ3v) is 13.8. The minimum atomic E-state index is -0.844. The number of nitrogens with one attached hydrogen (secondary N) is 1. The first-order chi connectivity index (χ1) is 32.0. The van der Waals surface area contributed by atoms with Crippen LogP contribution in [0, 0.1) is 0 Å². The van der Waals surface area contributed by atoms with Crippen molar-refractivity contribution in [2.45, 2.75) is 341 Å². The third kappa shape index (κ3) is 51.8. The van der Waals surface area contributed by atoms with Crippen molar-refractivity contribution >= 4 is 11.9 Å². The van der Waals surface area contributed by atoms with Crippen LogP contribution in [0.4, 0.5) is 0 Å². The van der Waals surface area contributed by atoms with Gasteiger partial charge in [0.1, 0.15) is 0 Å². The van der Waals surface area contributed by atoms with Crippen LogP contribution in [0.3, 0.4) is 0 Å². The molecule has 0 saturated carbocycles. The van der Waals surface area contributed by atoms with Gasteiger partial charge in [0.2, 0.25) is 5.91 Å². The number of carbonyl (C=O) groups is 2. The van der Waals surface area contributed by atoms with Crippen LogP contribution in [0.2, 0.25) is 0 Å². The normalized spacial score (nSPS) is 12.6. The topological polar surface area (TPSA) is 95.9 Å². The Morgan fingerprint density at radius 3 is 1.05 bits per heavy atom. The molecule has 2 atom stereocenters. The summed E-state index contributed by atoms with van der Waals surface area (Å²) >= 11 is 0. The molecular formula is C59H115NO5. The molecule has 0 aromatic rings. The van der Waals surface area contributed by atoms with Crippen molar-refractivity contribution in [3.05, 3.63) is 12.2 Å². The predicted octanol–water partition coefficient (Wildman–Crippen LogP) is 18.1. The summed E-state index contributed by atoms with van der Waals surface area (Å²) < 4.78 is 5.47. The molecule has 3 N–H and O–H groups in total. The highest BCUT2D eigenvalue weighted by molar-refractivity contribution is 5.76. The van der Waals surface area contributed by atoms with Crippen molar-refractivity contribution in [1.29, 1.82) is 0 Å². The van der Waals surface area contributed by atoms with Crippen LogP contribution in [0.5, 0.6) is 0 Å². The smallest absolute Gasteiger partial charge is 0.305 e. The van der Waals surface area contributed by atoms with E-state index >= 15 is 0 Å². The second-order valence-corrected chi connectivity index (χ2v) is 20.3. The van der Waals surface area contributed by atoms with E-state index in [0.717, 1.165) is 38.5 Å². The number of esters is 1. The van der Waals surface area contributed by atoms with E-state index in [4.69, 9.17) is 4.74 Å². The van der Waals surface area contributed by atoms with E-state index in [1.54, 1.807) is 6.08 Å². The molecule has 0 bridgehead atoms. The van der Waals surface area contributed by atoms with Gasteiger partial charge < -0.3 is 20.3 Å². The number of aliphatic hydroxyl groups is 2. The van der Waals surface area contributed by atoms with Crippen LogP contribution in [0.1, 0.15) is 328 Å². The van der Waals surface area contributed by atoms with Gasteiger partial charge in [0, 0.05) is 12.8 Å². The maximum atomic E-state index is 12.5. The minimum Gasteiger partial charge on any atom is -0.466 e. The van der Waals surface area contributed by atoms with Crippen LogP contribution < -0.4 is 5.32 Å². The lowest BCUT2D eigenvalue weighted by Gasteiger charge is -2.20. The van der Waals surface area contributed by atoms with Crippen LogP contribution in [0.15, 0.2) is 12.2 Å². The number of rotatable bonds is 55. The number of ether oxygens (including phenoxy) is 1. The second-order valence-electron chi connectivity index (χ2n) is 20.3. The highest BCUT2D eigenvalue weighted by Crippen LogP contribution is 2.17. The van der Waals surface area contributed by atoms with E-state index in [0.29, 0.717) is 19.4 Å². The summed E-state index contributed by atoms with van der Waals surface area (Å²) in [6.07, 6.45) is 65.2. The summed E-state index contributed by atoms with van der Waals surface area (Å²) in [5, 5.41) is 23.1. The molecule has 0 saturated heterocycles. The van der Waals surface area contributed by atoms with Gasteiger partial charge in [0.15, 0.2) is 0 Å². The maximum Gasteiger partial charge on any atom is 0.305 e. The summed E-state index contributed by atoms with van der Waals surface area (Å²) in [7, 11) is 0. The van der Waals surface area contributed by atoms with E-state index in [-0.39, 0.29) is 18.5 Å². The van der Waals surface area contributed by atoms with E-state index in [2.05, 4.69) is 19.2 Å². The largest absolute Gasteiger partial charge is 0.466 e. The summed E-state index contributed by atoms with van der Waals surface area (Å²) in [6, 6.07) is -0.628. The van der Waals surface area contributed by atoms with Crippen LogP contribution in [0.25, 0.3) is 0 Å². The zero-order valence-corrected chi connectivity index (χ0v) is 44.0. The van der Waals surface area contributed by atoms with Gasteiger partial charge in [0.25, 0.3) is 0 Å². The molecule has 6 heteroatoms. The Morgan fingerprint density at radius 2 is 0.708 bits per heavy atom. The molecule has 0 fully saturated rings. The molecule has 2 unspecified atom stereocenters. The van der Waals surface area contributed by atoms with Crippen LogP contribution in [-0.2, 0) is 14.3 Å². The summed E-state index contributed by atoms with van der Waals surface area (Å²) in [4.78, 5) is 24.5. The van der Waals surface area contributed by atoms with E-state index < -0.39 is 12.1 Å². The van der Waals surface area contributed by atoms with Gasteiger partial charge in [-0.05, 0) is 32.1 Å². The fourth-order valence-corrected chi connectivity index (χ4v) is 9.28. The lowest BCUT2D eigenvalue weighted by atomic mass is 10.0. The monoisotopic (exact) mass is 918 g/mol. The molecular weight excluding hydrogens is 803 g/mol. The van der Waals surface area contributed by atoms with Gasteiger partial charge in [-0.15, -0.1) is 0 Å². The first kappa shape index (κ1) is 63.6.